The van der Waals surface area contributed by atoms with Crippen LogP contribution in [-0.4, -0.2) is 31.4 Å². The van der Waals surface area contributed by atoms with E-state index >= 15 is 0 Å². The Labute approximate surface area is 194 Å². The summed E-state index contributed by atoms with van der Waals surface area (Å²) in [7, 11) is -4.28. The highest BCUT2D eigenvalue weighted by molar-refractivity contribution is 7.89. The van der Waals surface area contributed by atoms with Crippen LogP contribution in [0, 0.1) is 20.8 Å². The number of benzene rings is 2. The van der Waals surface area contributed by atoms with Crippen molar-refractivity contribution in [3.63, 3.8) is 0 Å². The highest BCUT2D eigenvalue weighted by atomic mass is 35.5. The van der Waals surface area contributed by atoms with E-state index in [9.17, 15) is 31.2 Å². The van der Waals surface area contributed by atoms with E-state index in [0.29, 0.717) is 17.2 Å². The Bertz CT molecular complexity index is 1160. The summed E-state index contributed by atoms with van der Waals surface area (Å²) >= 11 is 5.89. The predicted molar refractivity (Wildman–Crippen MR) is 117 cm³/mol. The van der Waals surface area contributed by atoms with Gasteiger partial charge in [0.05, 0.1) is 21.2 Å². The topological polar surface area (TPSA) is 113 Å². The van der Waals surface area contributed by atoms with E-state index in [4.69, 9.17) is 16.7 Å². The third-order valence-corrected chi connectivity index (χ3v) is 6.79. The van der Waals surface area contributed by atoms with Gasteiger partial charge in [0.25, 0.3) is 0 Å². The number of carboxylic acids is 1. The van der Waals surface area contributed by atoms with Crippen molar-refractivity contribution in [3.8, 4) is 0 Å². The minimum absolute atomic E-state index is 0.0710. The molecular formula is C21H22ClF3N2O5S. The van der Waals surface area contributed by atoms with Crippen LogP contribution in [0.5, 0.6) is 0 Å². The normalized spacial score (nSPS) is 12.9. The van der Waals surface area contributed by atoms with Crippen molar-refractivity contribution >= 4 is 39.2 Å². The second-order valence-electron chi connectivity index (χ2n) is 7.52. The van der Waals surface area contributed by atoms with E-state index in [-0.39, 0.29) is 9.92 Å². The van der Waals surface area contributed by atoms with Gasteiger partial charge in [-0.15, -0.1) is 0 Å². The first-order chi connectivity index (χ1) is 15.1. The first-order valence-corrected chi connectivity index (χ1v) is 11.5. The van der Waals surface area contributed by atoms with Crippen LogP contribution >= 0.6 is 11.6 Å². The Morgan fingerprint density at radius 2 is 1.67 bits per heavy atom. The number of aryl methyl sites for hydroxylation is 3. The summed E-state index contributed by atoms with van der Waals surface area (Å²) in [4.78, 5) is 23.7. The van der Waals surface area contributed by atoms with Crippen LogP contribution in [0.4, 0.5) is 18.9 Å². The van der Waals surface area contributed by atoms with Crippen LogP contribution in [0.1, 0.15) is 35.1 Å². The Morgan fingerprint density at radius 1 is 1.09 bits per heavy atom. The predicted octanol–water partition coefficient (Wildman–Crippen LogP) is 4.43. The van der Waals surface area contributed by atoms with Crippen LogP contribution in [0.2, 0.25) is 5.02 Å². The number of hydrogen-bond donors (Lipinski definition) is 3. The molecule has 0 fully saturated rings. The van der Waals surface area contributed by atoms with Gasteiger partial charge < -0.3 is 10.4 Å². The zero-order chi connectivity index (χ0) is 25.1. The van der Waals surface area contributed by atoms with Crippen molar-refractivity contribution < 1.29 is 36.3 Å². The molecule has 0 aliphatic rings. The molecule has 0 spiro atoms. The van der Waals surface area contributed by atoms with Crippen molar-refractivity contribution in [3.05, 3.63) is 57.6 Å². The van der Waals surface area contributed by atoms with Gasteiger partial charge in [0.15, 0.2) is 0 Å². The van der Waals surface area contributed by atoms with E-state index < -0.39 is 58.2 Å². The summed E-state index contributed by atoms with van der Waals surface area (Å²) in [6, 6.07) is 3.96. The zero-order valence-corrected chi connectivity index (χ0v) is 19.5. The van der Waals surface area contributed by atoms with Crippen molar-refractivity contribution in [2.45, 2.75) is 50.7 Å². The summed E-state index contributed by atoms with van der Waals surface area (Å²) in [5, 5.41) is 10.9. The third-order valence-electron chi connectivity index (χ3n) is 4.69. The maximum absolute atomic E-state index is 13.0. The minimum Gasteiger partial charge on any atom is -0.481 e. The quantitative estimate of drug-likeness (QED) is 0.490. The lowest BCUT2D eigenvalue weighted by molar-refractivity contribution is -0.138. The Balaban J connectivity index is 2.39. The molecule has 0 unspecified atom stereocenters. The molecule has 33 heavy (non-hydrogen) atoms. The summed E-state index contributed by atoms with van der Waals surface area (Å²) < 4.78 is 67.3. The SMILES string of the molecule is Cc1cc(C)c(S(=O)(=O)N[C@@H](CCC(=O)O)C(=O)Nc2cc(C(F)(F)F)ccc2Cl)c(C)c1. The number of carbonyl (C=O) groups excluding carboxylic acids is 1. The Morgan fingerprint density at radius 3 is 2.18 bits per heavy atom. The number of rotatable bonds is 8. The standard InChI is InChI=1S/C21H22ClF3N2O5S/c1-11-8-12(2)19(13(3)9-11)33(31,32)27-16(6-7-18(28)29)20(30)26-17-10-14(21(23,24)25)4-5-15(17)22/h4-5,8-10,16,27H,6-7H2,1-3H3,(H,26,30)(H,28,29)/t16-/m0/s1. The number of sulfonamides is 1. The molecule has 12 heteroatoms. The van der Waals surface area contributed by atoms with Gasteiger partial charge in [-0.05, 0) is 56.5 Å². The largest absolute Gasteiger partial charge is 0.481 e. The van der Waals surface area contributed by atoms with Gasteiger partial charge in [0, 0.05) is 6.42 Å². The highest BCUT2D eigenvalue weighted by Gasteiger charge is 2.32. The van der Waals surface area contributed by atoms with E-state index in [0.717, 1.165) is 17.7 Å². The number of alkyl halides is 3. The average molecular weight is 507 g/mol. The van der Waals surface area contributed by atoms with Crippen LogP contribution in [-0.2, 0) is 25.8 Å². The van der Waals surface area contributed by atoms with Crippen molar-refractivity contribution in [2.24, 2.45) is 0 Å². The minimum atomic E-state index is -4.70. The first kappa shape index (κ1) is 26.6. The van der Waals surface area contributed by atoms with Gasteiger partial charge in [-0.1, -0.05) is 29.3 Å². The van der Waals surface area contributed by atoms with Gasteiger partial charge in [-0.25, -0.2) is 8.42 Å². The molecule has 0 aliphatic heterocycles. The molecule has 7 nitrogen and oxygen atoms in total. The van der Waals surface area contributed by atoms with Crippen molar-refractivity contribution in [1.29, 1.82) is 0 Å². The number of hydrogen-bond acceptors (Lipinski definition) is 4. The lowest BCUT2D eigenvalue weighted by atomic mass is 10.1. The molecule has 3 N–H and O–H groups in total. The number of carbonyl (C=O) groups is 2. The molecule has 180 valence electrons. The molecule has 2 aromatic carbocycles. The lowest BCUT2D eigenvalue weighted by Gasteiger charge is -2.20. The van der Waals surface area contributed by atoms with E-state index in [2.05, 4.69) is 10.0 Å². The van der Waals surface area contributed by atoms with Crippen LogP contribution < -0.4 is 10.0 Å². The lowest BCUT2D eigenvalue weighted by Crippen LogP contribution is -2.44. The Kier molecular flexibility index (Phi) is 8.15. The molecule has 0 aromatic heterocycles. The number of carboxylic acid groups (broad SMARTS) is 1. The van der Waals surface area contributed by atoms with Gasteiger partial charge >= 0.3 is 12.1 Å². The van der Waals surface area contributed by atoms with E-state index in [1.54, 1.807) is 32.9 Å². The van der Waals surface area contributed by atoms with Crippen LogP contribution in [0.3, 0.4) is 0 Å². The second-order valence-corrected chi connectivity index (χ2v) is 9.57. The van der Waals surface area contributed by atoms with E-state index in [1.165, 1.54) is 0 Å². The van der Waals surface area contributed by atoms with Gasteiger partial charge in [-0.3, -0.25) is 9.59 Å². The van der Waals surface area contributed by atoms with Crippen LogP contribution in [0.15, 0.2) is 35.2 Å². The van der Waals surface area contributed by atoms with Gasteiger partial charge in [0.2, 0.25) is 15.9 Å². The van der Waals surface area contributed by atoms with Crippen molar-refractivity contribution in [1.82, 2.24) is 4.72 Å². The fourth-order valence-electron chi connectivity index (χ4n) is 3.37. The highest BCUT2D eigenvalue weighted by Crippen LogP contribution is 2.34. The maximum Gasteiger partial charge on any atom is 0.416 e. The monoisotopic (exact) mass is 506 g/mol. The number of anilines is 1. The third kappa shape index (κ3) is 6.92. The molecule has 0 radical (unpaired) electrons. The fraction of sp³-hybridized carbons (Fsp3) is 0.333. The van der Waals surface area contributed by atoms with Crippen LogP contribution in [0.25, 0.3) is 0 Å². The second kappa shape index (κ2) is 10.1. The first-order valence-electron chi connectivity index (χ1n) is 9.61. The molecule has 0 heterocycles. The maximum atomic E-state index is 13.0. The number of amides is 1. The number of nitrogens with one attached hydrogen (secondary N) is 2. The van der Waals surface area contributed by atoms with Gasteiger partial charge in [-0.2, -0.15) is 17.9 Å². The molecule has 2 rings (SSSR count). The smallest absolute Gasteiger partial charge is 0.416 e. The summed E-state index contributed by atoms with van der Waals surface area (Å²) in [5.74, 6) is -2.34. The molecule has 0 saturated carbocycles. The molecule has 0 saturated heterocycles. The summed E-state index contributed by atoms with van der Waals surface area (Å²) in [6.45, 7) is 4.93. The van der Waals surface area contributed by atoms with Crippen molar-refractivity contribution in [2.75, 3.05) is 5.32 Å². The molecule has 0 bridgehead atoms. The number of halogens is 4. The summed E-state index contributed by atoms with van der Waals surface area (Å²) in [6.07, 6.45) is -5.71. The van der Waals surface area contributed by atoms with Gasteiger partial charge in [0.1, 0.15) is 6.04 Å². The molecule has 1 atom stereocenters. The fourth-order valence-corrected chi connectivity index (χ4v) is 5.21. The molecule has 0 aliphatic carbocycles. The van der Waals surface area contributed by atoms with E-state index in [1.807, 2.05) is 0 Å². The number of aliphatic carboxylic acids is 1. The average Bonchev–Trinajstić information content (AvgIpc) is 2.64. The molecular weight excluding hydrogens is 485 g/mol. The molecule has 1 amide bonds. The zero-order valence-electron chi connectivity index (χ0n) is 17.9. The molecule has 2 aromatic rings. The summed E-state index contributed by atoms with van der Waals surface area (Å²) in [5.41, 5.74) is 0.189. The Hall–Kier alpha value is -2.63.